The van der Waals surface area contributed by atoms with Gasteiger partial charge in [0.1, 0.15) is 0 Å². The summed E-state index contributed by atoms with van der Waals surface area (Å²) in [6.45, 7) is 0. The Morgan fingerprint density at radius 2 is 1.83 bits per heavy atom. The minimum absolute atomic E-state index is 0.440. The van der Waals surface area contributed by atoms with Gasteiger partial charge in [0.05, 0.1) is 6.26 Å². The van der Waals surface area contributed by atoms with E-state index in [1.165, 1.54) is 6.26 Å². The van der Waals surface area contributed by atoms with Gasteiger partial charge in [-0.1, -0.05) is 6.07 Å². The van der Waals surface area contributed by atoms with Crippen molar-refractivity contribution in [3.05, 3.63) is 54.2 Å². The molecule has 0 saturated carbocycles. The predicted octanol–water partition coefficient (Wildman–Crippen LogP) is 3.01. The summed E-state index contributed by atoms with van der Waals surface area (Å²) in [6, 6.07) is 9.14. The lowest BCUT2D eigenvalue weighted by molar-refractivity contribution is 0.569. The molecule has 0 radical (unpaired) electrons. The zero-order chi connectivity index (χ0) is 8.65. The third-order valence-corrected chi connectivity index (χ3v) is 1.27. The van der Waals surface area contributed by atoms with Crippen molar-refractivity contribution in [3.8, 4) is 0 Å². The molecule has 2 aromatic heterocycles. The van der Waals surface area contributed by atoms with Crippen LogP contribution >= 0.6 is 11.6 Å². The van der Waals surface area contributed by atoms with Gasteiger partial charge in [-0.15, -0.1) is 0 Å². The first kappa shape index (κ1) is 8.81. The summed E-state index contributed by atoms with van der Waals surface area (Å²) >= 11 is 5.29. The molecule has 0 aliphatic rings. The lowest BCUT2D eigenvalue weighted by Gasteiger charge is -1.70. The number of pyridine rings is 1. The van der Waals surface area contributed by atoms with Gasteiger partial charge in [-0.3, -0.25) is 4.98 Å². The maximum absolute atomic E-state index is 5.29. The fourth-order valence-corrected chi connectivity index (χ4v) is 0.695. The Hall–Kier alpha value is -1.28. The molecule has 0 N–H and O–H groups in total. The molecule has 0 atom stereocenters. The Morgan fingerprint density at radius 1 is 1.08 bits per heavy atom. The smallest absolute Gasteiger partial charge is 0.192 e. The van der Waals surface area contributed by atoms with Crippen LogP contribution in [0.5, 0.6) is 0 Å². The molecule has 2 rings (SSSR count). The first-order chi connectivity index (χ1) is 5.89. The summed E-state index contributed by atoms with van der Waals surface area (Å²) in [5.41, 5.74) is 0. The molecule has 0 aliphatic heterocycles. The molecule has 0 aliphatic carbocycles. The number of furan rings is 1. The third-order valence-electron chi connectivity index (χ3n) is 1.05. The van der Waals surface area contributed by atoms with Crippen molar-refractivity contribution in [2.45, 2.75) is 0 Å². The van der Waals surface area contributed by atoms with Crippen LogP contribution in [0.3, 0.4) is 0 Å². The quantitative estimate of drug-likeness (QED) is 0.625. The maximum Gasteiger partial charge on any atom is 0.192 e. The van der Waals surface area contributed by atoms with Gasteiger partial charge in [0.2, 0.25) is 0 Å². The molecule has 0 saturated heterocycles. The highest BCUT2D eigenvalue weighted by molar-refractivity contribution is 6.28. The number of rotatable bonds is 0. The second kappa shape index (κ2) is 5.38. The lowest BCUT2D eigenvalue weighted by Crippen LogP contribution is -1.58. The molecule has 3 heteroatoms. The van der Waals surface area contributed by atoms with E-state index in [1.807, 2.05) is 18.2 Å². The summed E-state index contributed by atoms with van der Waals surface area (Å²) < 4.78 is 4.60. The van der Waals surface area contributed by atoms with E-state index in [0.717, 1.165) is 0 Å². The van der Waals surface area contributed by atoms with E-state index in [0.29, 0.717) is 5.22 Å². The molecule has 0 unspecified atom stereocenters. The fraction of sp³-hybridized carbons (Fsp3) is 0. The van der Waals surface area contributed by atoms with E-state index < -0.39 is 0 Å². The van der Waals surface area contributed by atoms with Crippen molar-refractivity contribution >= 4 is 11.6 Å². The van der Waals surface area contributed by atoms with Gasteiger partial charge in [-0.2, -0.15) is 0 Å². The van der Waals surface area contributed by atoms with Crippen LogP contribution in [0.1, 0.15) is 0 Å². The normalized spacial score (nSPS) is 8.42. The zero-order valence-corrected chi connectivity index (χ0v) is 7.11. The van der Waals surface area contributed by atoms with Gasteiger partial charge in [0.15, 0.2) is 5.22 Å². The molecule has 2 nitrogen and oxygen atoms in total. The van der Waals surface area contributed by atoms with Gasteiger partial charge >= 0.3 is 0 Å². The Balaban J connectivity index is 0.000000120. The fourth-order valence-electron chi connectivity index (χ4n) is 0.571. The number of hydrogen-bond donors (Lipinski definition) is 0. The first-order valence-corrected chi connectivity index (χ1v) is 3.81. The maximum atomic E-state index is 5.29. The predicted molar refractivity (Wildman–Crippen MR) is 48.0 cm³/mol. The lowest BCUT2D eigenvalue weighted by atomic mass is 10.5. The van der Waals surface area contributed by atoms with Crippen LogP contribution in [-0.4, -0.2) is 4.98 Å². The summed E-state index contributed by atoms with van der Waals surface area (Å²) in [4.78, 5) is 3.78. The topological polar surface area (TPSA) is 26.0 Å². The van der Waals surface area contributed by atoms with E-state index in [4.69, 9.17) is 11.6 Å². The van der Waals surface area contributed by atoms with Crippen LogP contribution < -0.4 is 0 Å². The molecule has 62 valence electrons. The van der Waals surface area contributed by atoms with Crippen LogP contribution in [0, 0.1) is 0 Å². The monoisotopic (exact) mass is 181 g/mol. The molecule has 0 fully saturated rings. The highest BCUT2D eigenvalue weighted by atomic mass is 35.5. The summed E-state index contributed by atoms with van der Waals surface area (Å²) in [5.74, 6) is 0. The Bertz CT molecular complexity index is 254. The van der Waals surface area contributed by atoms with Gasteiger partial charge in [-0.25, -0.2) is 0 Å². The first-order valence-electron chi connectivity index (χ1n) is 3.43. The van der Waals surface area contributed by atoms with Crippen molar-refractivity contribution < 1.29 is 4.42 Å². The van der Waals surface area contributed by atoms with Crippen LogP contribution in [0.25, 0.3) is 0 Å². The van der Waals surface area contributed by atoms with Crippen LogP contribution in [0.4, 0.5) is 0 Å². The van der Waals surface area contributed by atoms with Crippen LogP contribution in [-0.2, 0) is 0 Å². The van der Waals surface area contributed by atoms with E-state index >= 15 is 0 Å². The zero-order valence-electron chi connectivity index (χ0n) is 6.35. The average Bonchev–Trinajstić information content (AvgIpc) is 2.60. The highest BCUT2D eigenvalue weighted by Crippen LogP contribution is 2.04. The van der Waals surface area contributed by atoms with Crippen molar-refractivity contribution in [1.82, 2.24) is 4.98 Å². The third kappa shape index (κ3) is 3.78. The molecule has 0 amide bonds. The van der Waals surface area contributed by atoms with E-state index in [2.05, 4.69) is 9.40 Å². The summed E-state index contributed by atoms with van der Waals surface area (Å²) in [5, 5.41) is 0.440. The molecular weight excluding hydrogens is 174 g/mol. The standard InChI is InChI=1S/C5H5N.C4H3ClO/c1-2-4-6-5-3-1;5-4-2-1-3-6-4/h1-5H;1-3H. The molecule has 0 spiro atoms. The van der Waals surface area contributed by atoms with Gasteiger partial charge < -0.3 is 4.42 Å². The molecule has 2 aromatic rings. The van der Waals surface area contributed by atoms with Gasteiger partial charge in [0.25, 0.3) is 0 Å². The average molecular weight is 182 g/mol. The molecule has 12 heavy (non-hydrogen) atoms. The van der Waals surface area contributed by atoms with Gasteiger partial charge in [0, 0.05) is 12.4 Å². The molecule has 2 heterocycles. The Kier molecular flexibility index (Phi) is 3.95. The number of hydrogen-bond acceptors (Lipinski definition) is 2. The van der Waals surface area contributed by atoms with Crippen LogP contribution in [0.15, 0.2) is 53.4 Å². The largest absolute Gasteiger partial charge is 0.453 e. The van der Waals surface area contributed by atoms with E-state index in [1.54, 1.807) is 24.5 Å². The second-order valence-electron chi connectivity index (χ2n) is 1.94. The summed E-state index contributed by atoms with van der Waals surface area (Å²) in [7, 11) is 0. The minimum Gasteiger partial charge on any atom is -0.453 e. The van der Waals surface area contributed by atoms with Crippen molar-refractivity contribution in [2.24, 2.45) is 0 Å². The van der Waals surface area contributed by atoms with Crippen molar-refractivity contribution in [3.63, 3.8) is 0 Å². The second-order valence-corrected chi connectivity index (χ2v) is 2.31. The Labute approximate surface area is 75.8 Å². The number of aromatic nitrogens is 1. The van der Waals surface area contributed by atoms with Crippen molar-refractivity contribution in [2.75, 3.05) is 0 Å². The van der Waals surface area contributed by atoms with E-state index in [-0.39, 0.29) is 0 Å². The van der Waals surface area contributed by atoms with E-state index in [9.17, 15) is 0 Å². The van der Waals surface area contributed by atoms with Crippen molar-refractivity contribution in [1.29, 1.82) is 0 Å². The van der Waals surface area contributed by atoms with Gasteiger partial charge in [-0.05, 0) is 35.9 Å². The minimum atomic E-state index is 0.440. The van der Waals surface area contributed by atoms with Crippen LogP contribution in [0.2, 0.25) is 5.22 Å². The highest BCUT2D eigenvalue weighted by Gasteiger charge is 1.79. The Morgan fingerprint density at radius 3 is 2.00 bits per heavy atom. The number of halogens is 1. The SMILES string of the molecule is Clc1ccco1.c1ccncc1. The molecule has 0 aromatic carbocycles. The molecular formula is C9H8ClNO. The summed E-state index contributed by atoms with van der Waals surface area (Å²) in [6.07, 6.45) is 5.03. The number of nitrogens with zero attached hydrogens (tertiary/aromatic N) is 1. The molecule has 0 bridgehead atoms.